The van der Waals surface area contributed by atoms with Crippen LogP contribution in [0.4, 0.5) is 0 Å². The average Bonchev–Trinajstić information content (AvgIpc) is 3.06. The number of fused-ring (bicyclic) bond motifs is 3. The summed E-state index contributed by atoms with van der Waals surface area (Å²) >= 11 is 0. The SMILES string of the molecule is COc1cc2c3c(c1OC)CN(C)CC3Cc1cc3c(cc1-2)OCO3. The largest absolute Gasteiger partial charge is 0.493 e. The van der Waals surface area contributed by atoms with Gasteiger partial charge < -0.3 is 23.8 Å². The standard InChI is InChI=1S/C20H21NO4/c1-21-8-12-4-11-5-16-17(25-10-24-16)6-13(11)14-7-18(22-2)20(23-3)15(9-21)19(12)14/h5-7,12H,4,8-10H2,1-3H3. The molecule has 1 aliphatic carbocycles. The van der Waals surface area contributed by atoms with E-state index < -0.39 is 0 Å². The van der Waals surface area contributed by atoms with Crippen molar-refractivity contribution in [3.8, 4) is 34.1 Å². The van der Waals surface area contributed by atoms with Gasteiger partial charge >= 0.3 is 0 Å². The highest BCUT2D eigenvalue weighted by atomic mass is 16.7. The van der Waals surface area contributed by atoms with Crippen LogP contribution in [0.5, 0.6) is 23.0 Å². The Morgan fingerprint density at radius 1 is 1.04 bits per heavy atom. The van der Waals surface area contributed by atoms with Gasteiger partial charge in [0.25, 0.3) is 0 Å². The van der Waals surface area contributed by atoms with Crippen LogP contribution < -0.4 is 18.9 Å². The maximum absolute atomic E-state index is 5.72. The Kier molecular flexibility index (Phi) is 3.16. The van der Waals surface area contributed by atoms with Gasteiger partial charge in [-0.3, -0.25) is 0 Å². The molecule has 0 spiro atoms. The van der Waals surface area contributed by atoms with Crippen LogP contribution in [0.2, 0.25) is 0 Å². The van der Waals surface area contributed by atoms with Crippen molar-refractivity contribution < 1.29 is 18.9 Å². The highest BCUT2D eigenvalue weighted by molar-refractivity contribution is 5.81. The molecule has 0 radical (unpaired) electrons. The van der Waals surface area contributed by atoms with Gasteiger partial charge in [0.2, 0.25) is 6.79 Å². The van der Waals surface area contributed by atoms with E-state index in [0.717, 1.165) is 42.5 Å². The van der Waals surface area contributed by atoms with Crippen molar-refractivity contribution in [1.82, 2.24) is 4.90 Å². The van der Waals surface area contributed by atoms with Crippen LogP contribution in [0.1, 0.15) is 22.6 Å². The Labute approximate surface area is 147 Å². The molecule has 0 amide bonds. The van der Waals surface area contributed by atoms with E-state index in [4.69, 9.17) is 18.9 Å². The van der Waals surface area contributed by atoms with Crippen molar-refractivity contribution >= 4 is 0 Å². The van der Waals surface area contributed by atoms with E-state index in [1.165, 1.54) is 27.8 Å². The van der Waals surface area contributed by atoms with Gasteiger partial charge in [-0.2, -0.15) is 0 Å². The normalized spacial score (nSPS) is 20.0. The predicted molar refractivity (Wildman–Crippen MR) is 93.9 cm³/mol. The van der Waals surface area contributed by atoms with E-state index in [-0.39, 0.29) is 0 Å². The number of likely N-dealkylation sites (N-methyl/N-ethyl adjacent to an activating group) is 1. The molecule has 0 saturated heterocycles. The predicted octanol–water partition coefficient (Wildman–Crippen LogP) is 3.18. The van der Waals surface area contributed by atoms with Gasteiger partial charge in [0, 0.05) is 24.6 Å². The monoisotopic (exact) mass is 339 g/mol. The van der Waals surface area contributed by atoms with Gasteiger partial charge in [-0.25, -0.2) is 0 Å². The van der Waals surface area contributed by atoms with Crippen LogP contribution in [0.15, 0.2) is 18.2 Å². The van der Waals surface area contributed by atoms with Crippen LogP contribution in [0.25, 0.3) is 11.1 Å². The van der Waals surface area contributed by atoms with E-state index in [1.807, 2.05) is 0 Å². The first kappa shape index (κ1) is 14.9. The molecule has 1 atom stereocenters. The van der Waals surface area contributed by atoms with Crippen molar-refractivity contribution in [2.24, 2.45) is 0 Å². The third-order valence-electron chi connectivity index (χ3n) is 5.54. The molecule has 5 nitrogen and oxygen atoms in total. The summed E-state index contributed by atoms with van der Waals surface area (Å²) in [5.41, 5.74) is 6.43. The molecular formula is C20H21NO4. The summed E-state index contributed by atoms with van der Waals surface area (Å²) in [4.78, 5) is 2.36. The molecular weight excluding hydrogens is 318 g/mol. The van der Waals surface area contributed by atoms with Crippen LogP contribution in [-0.4, -0.2) is 39.5 Å². The van der Waals surface area contributed by atoms with Gasteiger partial charge in [0.15, 0.2) is 23.0 Å². The zero-order valence-corrected chi connectivity index (χ0v) is 14.7. The fourth-order valence-corrected chi connectivity index (χ4v) is 4.57. The third kappa shape index (κ3) is 2.05. The Morgan fingerprint density at radius 2 is 1.84 bits per heavy atom. The number of rotatable bonds is 2. The van der Waals surface area contributed by atoms with E-state index in [9.17, 15) is 0 Å². The molecule has 3 aliphatic rings. The van der Waals surface area contributed by atoms with E-state index in [0.29, 0.717) is 12.7 Å². The van der Waals surface area contributed by atoms with Gasteiger partial charge in [-0.1, -0.05) is 0 Å². The molecule has 0 saturated carbocycles. The van der Waals surface area contributed by atoms with E-state index in [1.54, 1.807) is 14.2 Å². The molecule has 2 heterocycles. The average molecular weight is 339 g/mol. The lowest BCUT2D eigenvalue weighted by Gasteiger charge is -2.38. The topological polar surface area (TPSA) is 40.2 Å². The molecule has 0 bridgehead atoms. The van der Waals surface area contributed by atoms with E-state index >= 15 is 0 Å². The highest BCUT2D eigenvalue weighted by Crippen LogP contribution is 2.52. The molecule has 2 aromatic carbocycles. The number of methoxy groups -OCH3 is 2. The second kappa shape index (κ2) is 5.30. The molecule has 5 heteroatoms. The Balaban J connectivity index is 1.80. The zero-order valence-electron chi connectivity index (χ0n) is 14.7. The second-order valence-electron chi connectivity index (χ2n) is 7.01. The molecule has 25 heavy (non-hydrogen) atoms. The van der Waals surface area contributed by atoms with Crippen molar-refractivity contribution in [1.29, 1.82) is 0 Å². The zero-order chi connectivity index (χ0) is 17.1. The summed E-state index contributed by atoms with van der Waals surface area (Å²) in [6, 6.07) is 6.38. The number of hydrogen-bond acceptors (Lipinski definition) is 5. The number of hydrogen-bond donors (Lipinski definition) is 0. The molecule has 0 fully saturated rings. The summed E-state index contributed by atoms with van der Waals surface area (Å²) in [6.07, 6.45) is 1.01. The quantitative estimate of drug-likeness (QED) is 0.840. The lowest BCUT2D eigenvalue weighted by atomic mass is 9.74. The highest BCUT2D eigenvalue weighted by Gasteiger charge is 2.36. The number of benzene rings is 2. The van der Waals surface area contributed by atoms with Crippen LogP contribution in [0, 0.1) is 0 Å². The van der Waals surface area contributed by atoms with Gasteiger partial charge in [-0.05, 0) is 53.9 Å². The van der Waals surface area contributed by atoms with Crippen molar-refractivity contribution in [3.05, 3.63) is 34.9 Å². The maximum atomic E-state index is 5.72. The molecule has 2 aromatic rings. The van der Waals surface area contributed by atoms with Gasteiger partial charge in [-0.15, -0.1) is 0 Å². The maximum Gasteiger partial charge on any atom is 0.231 e. The minimum absolute atomic E-state index is 0.300. The van der Waals surface area contributed by atoms with E-state index in [2.05, 4.69) is 30.1 Å². The first-order valence-electron chi connectivity index (χ1n) is 8.58. The molecule has 2 aliphatic heterocycles. The second-order valence-corrected chi connectivity index (χ2v) is 7.01. The molecule has 5 rings (SSSR count). The van der Waals surface area contributed by atoms with Gasteiger partial charge in [0.1, 0.15) is 0 Å². The Bertz CT molecular complexity index is 877. The first-order chi connectivity index (χ1) is 12.2. The summed E-state index contributed by atoms with van der Waals surface area (Å²) in [7, 11) is 5.58. The molecule has 0 N–H and O–H groups in total. The van der Waals surface area contributed by atoms with Crippen molar-refractivity contribution in [3.63, 3.8) is 0 Å². The fourth-order valence-electron chi connectivity index (χ4n) is 4.57. The Morgan fingerprint density at radius 3 is 2.60 bits per heavy atom. The Hall–Kier alpha value is -2.40. The fraction of sp³-hybridized carbons (Fsp3) is 0.400. The number of nitrogens with zero attached hydrogens (tertiary/aromatic N) is 1. The lowest BCUT2D eigenvalue weighted by Crippen LogP contribution is -2.33. The summed E-state index contributed by atoms with van der Waals surface area (Å²) in [5.74, 6) is 3.79. The minimum Gasteiger partial charge on any atom is -0.493 e. The van der Waals surface area contributed by atoms with Crippen LogP contribution in [-0.2, 0) is 13.0 Å². The summed E-state index contributed by atoms with van der Waals surface area (Å²) in [6.45, 7) is 2.22. The minimum atomic E-state index is 0.300. The summed E-state index contributed by atoms with van der Waals surface area (Å²) in [5, 5.41) is 0. The van der Waals surface area contributed by atoms with Crippen molar-refractivity contribution in [2.45, 2.75) is 18.9 Å². The van der Waals surface area contributed by atoms with Crippen molar-refractivity contribution in [2.75, 3.05) is 34.6 Å². The molecule has 1 unspecified atom stereocenters. The smallest absolute Gasteiger partial charge is 0.231 e. The van der Waals surface area contributed by atoms with Crippen LogP contribution >= 0.6 is 0 Å². The third-order valence-corrected chi connectivity index (χ3v) is 5.54. The number of ether oxygens (including phenoxy) is 4. The summed E-state index contributed by atoms with van der Waals surface area (Å²) < 4.78 is 22.6. The first-order valence-corrected chi connectivity index (χ1v) is 8.58. The van der Waals surface area contributed by atoms with Crippen LogP contribution in [0.3, 0.4) is 0 Å². The van der Waals surface area contributed by atoms with Gasteiger partial charge in [0.05, 0.1) is 14.2 Å². The molecule has 130 valence electrons. The molecule has 0 aromatic heterocycles. The lowest BCUT2D eigenvalue weighted by molar-refractivity contribution is 0.174.